The molecule has 1 aliphatic rings. The van der Waals surface area contributed by atoms with Crippen LogP contribution in [-0.4, -0.2) is 55.5 Å². The van der Waals surface area contributed by atoms with Gasteiger partial charge >= 0.3 is 0 Å². The first-order chi connectivity index (χ1) is 18.6. The van der Waals surface area contributed by atoms with E-state index in [2.05, 4.69) is 67.3 Å². The Labute approximate surface area is 252 Å². The molecule has 0 aromatic heterocycles. The van der Waals surface area contributed by atoms with Gasteiger partial charge in [0.2, 0.25) is 10.0 Å². The van der Waals surface area contributed by atoms with Crippen molar-refractivity contribution in [3.63, 3.8) is 0 Å². The van der Waals surface area contributed by atoms with E-state index in [4.69, 9.17) is 14.2 Å². The van der Waals surface area contributed by atoms with Gasteiger partial charge in [0.25, 0.3) is 0 Å². The zero-order valence-electron chi connectivity index (χ0n) is 25.1. The number of rotatable bonds is 15. The van der Waals surface area contributed by atoms with Crippen LogP contribution in [0, 0.1) is 6.92 Å². The summed E-state index contributed by atoms with van der Waals surface area (Å²) in [5.41, 5.74) is 4.30. The van der Waals surface area contributed by atoms with Crippen molar-refractivity contribution in [2.45, 2.75) is 77.2 Å². The van der Waals surface area contributed by atoms with Gasteiger partial charge in [-0.15, -0.1) is 4.31 Å². The number of hydrogen-bond donors (Lipinski definition) is 0. The average molecular weight is 669 g/mol. The minimum absolute atomic E-state index is 0.0177. The summed E-state index contributed by atoms with van der Waals surface area (Å²) in [6, 6.07) is 14.0. The van der Waals surface area contributed by atoms with Crippen molar-refractivity contribution in [2.24, 2.45) is 0 Å². The van der Waals surface area contributed by atoms with Gasteiger partial charge in [0.05, 0.1) is 0 Å². The lowest BCUT2D eigenvalue weighted by Crippen LogP contribution is -2.35. The van der Waals surface area contributed by atoms with Crippen LogP contribution in [0.15, 0.2) is 46.3 Å². The van der Waals surface area contributed by atoms with Gasteiger partial charge < -0.3 is 14.2 Å². The Balaban J connectivity index is 1.66. The molecule has 0 bridgehead atoms. The molecule has 0 saturated heterocycles. The summed E-state index contributed by atoms with van der Waals surface area (Å²) in [5, 5.41) is 1.25. The first kappa shape index (κ1) is 33.2. The van der Waals surface area contributed by atoms with Crippen LogP contribution in [0.1, 0.15) is 34.8 Å². The number of sulfonamides is 1. The molecule has 6 nitrogen and oxygen atoms in total. The van der Waals surface area contributed by atoms with Crippen LogP contribution in [0.4, 0.5) is 0 Å². The third kappa shape index (κ3) is 10.5. The fraction of sp³-hybridized carbons (Fsp3) is 0.533. The van der Waals surface area contributed by atoms with Gasteiger partial charge in [-0.3, -0.25) is 0 Å². The predicted molar refractivity (Wildman–Crippen MR) is 175 cm³/mol. The highest BCUT2D eigenvalue weighted by molar-refractivity contribution is 9.10. The summed E-state index contributed by atoms with van der Waals surface area (Å²) >= 11 is 3.65. The Morgan fingerprint density at radius 2 is 1.60 bits per heavy atom. The molecule has 1 atom stereocenters. The van der Waals surface area contributed by atoms with Crippen LogP contribution < -0.4 is 4.74 Å². The number of hydrogen-bond acceptors (Lipinski definition) is 5. The first-order valence-corrected chi connectivity index (χ1v) is 23.7. The topological polar surface area (TPSA) is 65.1 Å². The van der Waals surface area contributed by atoms with E-state index in [1.807, 2.05) is 31.2 Å². The third-order valence-electron chi connectivity index (χ3n) is 6.92. The van der Waals surface area contributed by atoms with E-state index in [1.54, 1.807) is 6.08 Å². The normalized spacial score (nSPS) is 16.2. The second kappa shape index (κ2) is 14.3. The molecule has 3 rings (SSSR count). The average Bonchev–Trinajstić information content (AvgIpc) is 3.25. The van der Waals surface area contributed by atoms with Crippen LogP contribution in [0.3, 0.4) is 0 Å². The molecule has 2 aromatic carbocycles. The van der Waals surface area contributed by atoms with Crippen LogP contribution in [0.25, 0.3) is 6.08 Å². The zero-order chi connectivity index (χ0) is 29.6. The van der Waals surface area contributed by atoms with Crippen molar-refractivity contribution < 1.29 is 22.6 Å². The highest BCUT2D eigenvalue weighted by atomic mass is 79.9. The third-order valence-corrected chi connectivity index (χ3v) is 12.5. The molecule has 222 valence electrons. The summed E-state index contributed by atoms with van der Waals surface area (Å²) in [4.78, 5) is 0. The summed E-state index contributed by atoms with van der Waals surface area (Å²) < 4.78 is 47.0. The van der Waals surface area contributed by atoms with Gasteiger partial charge in [0, 0.05) is 39.2 Å². The molecule has 2 aromatic rings. The number of aryl methyl sites for hydroxylation is 1. The molecular weight excluding hydrogens is 622 g/mol. The number of halogens is 1. The lowest BCUT2D eigenvalue weighted by atomic mass is 10.1. The molecule has 0 spiro atoms. The van der Waals surface area contributed by atoms with Crippen molar-refractivity contribution in [3.8, 4) is 5.75 Å². The van der Waals surface area contributed by atoms with Crippen molar-refractivity contribution in [1.29, 1.82) is 0 Å². The molecule has 10 heteroatoms. The van der Waals surface area contributed by atoms with Crippen LogP contribution in [-0.2, 0) is 25.9 Å². The SMILES string of the molecule is Cc1cc(O[C@@H]2CCc3c(Br)cccc32)ccc1/C=C/S(=O)(=O)N(COCC[Si](C)(C)C)COCC[Si](C)(C)C. The van der Waals surface area contributed by atoms with E-state index in [0.29, 0.717) is 13.2 Å². The highest BCUT2D eigenvalue weighted by Gasteiger charge is 2.26. The molecular formula is C30H46BrNO5SSi2. The number of fused-ring (bicyclic) bond motifs is 1. The van der Waals surface area contributed by atoms with Crippen LogP contribution >= 0.6 is 15.9 Å². The predicted octanol–water partition coefficient (Wildman–Crippen LogP) is 8.05. The fourth-order valence-electron chi connectivity index (χ4n) is 4.29. The van der Waals surface area contributed by atoms with E-state index >= 15 is 0 Å². The Morgan fingerprint density at radius 3 is 2.17 bits per heavy atom. The van der Waals surface area contributed by atoms with E-state index < -0.39 is 26.2 Å². The molecule has 0 saturated carbocycles. The second-order valence-corrected chi connectivity index (χ2v) is 26.9. The molecule has 0 fully saturated rings. The maximum Gasteiger partial charge on any atom is 0.240 e. The van der Waals surface area contributed by atoms with Gasteiger partial charge in [-0.05, 0) is 78.4 Å². The molecule has 0 heterocycles. The zero-order valence-corrected chi connectivity index (χ0v) is 29.5. The summed E-state index contributed by atoms with van der Waals surface area (Å²) in [6.07, 6.45) is 3.59. The van der Waals surface area contributed by atoms with E-state index in [0.717, 1.165) is 46.3 Å². The summed E-state index contributed by atoms with van der Waals surface area (Å²) in [6.45, 7) is 16.7. The van der Waals surface area contributed by atoms with Gasteiger partial charge in [0.15, 0.2) is 0 Å². The molecule has 0 aliphatic heterocycles. The van der Waals surface area contributed by atoms with Crippen LogP contribution in [0.2, 0.25) is 51.4 Å². The van der Waals surface area contributed by atoms with Gasteiger partial charge in [-0.2, -0.15) is 0 Å². The lowest BCUT2D eigenvalue weighted by Gasteiger charge is -2.23. The van der Waals surface area contributed by atoms with Gasteiger partial charge in [-0.25, -0.2) is 8.42 Å². The maximum absolute atomic E-state index is 13.3. The Bertz CT molecular complexity index is 1250. The van der Waals surface area contributed by atoms with Gasteiger partial charge in [0.1, 0.15) is 25.3 Å². The number of benzene rings is 2. The van der Waals surface area contributed by atoms with Crippen molar-refractivity contribution >= 4 is 48.2 Å². The standard InChI is InChI=1S/C30H46BrNO5SSi2/c1-24-21-26(37-30-14-13-27-28(30)9-8-10-29(27)31)12-11-25(24)15-18-38(33,34)32(22-35-16-19-39(2,3)4)23-36-17-20-40(5,6)7/h8-12,15,18,21,30H,13-14,16-17,19-20,22-23H2,1-7H3/b18-15+/t30-/m1/s1. The molecule has 0 N–H and O–H groups in total. The summed E-state index contributed by atoms with van der Waals surface area (Å²) in [7, 11) is -6.30. The molecule has 0 radical (unpaired) electrons. The molecule has 40 heavy (non-hydrogen) atoms. The minimum Gasteiger partial charge on any atom is -0.486 e. The number of ether oxygens (including phenoxy) is 3. The smallest absolute Gasteiger partial charge is 0.240 e. The Morgan fingerprint density at radius 1 is 0.975 bits per heavy atom. The summed E-state index contributed by atoms with van der Waals surface area (Å²) in [5.74, 6) is 0.781. The van der Waals surface area contributed by atoms with E-state index in [-0.39, 0.29) is 19.6 Å². The quantitative estimate of drug-likeness (QED) is 0.109. The molecule has 0 unspecified atom stereocenters. The minimum atomic E-state index is -3.75. The maximum atomic E-state index is 13.3. The van der Waals surface area contributed by atoms with Gasteiger partial charge in [-0.1, -0.05) is 73.4 Å². The molecule has 1 aliphatic carbocycles. The van der Waals surface area contributed by atoms with Crippen LogP contribution in [0.5, 0.6) is 5.75 Å². The lowest BCUT2D eigenvalue weighted by molar-refractivity contribution is 0.00888. The monoisotopic (exact) mass is 667 g/mol. The number of nitrogens with zero attached hydrogens (tertiary/aromatic N) is 1. The highest BCUT2D eigenvalue weighted by Crippen LogP contribution is 2.38. The molecule has 0 amide bonds. The fourth-order valence-corrected chi connectivity index (χ4v) is 7.31. The van der Waals surface area contributed by atoms with Crippen molar-refractivity contribution in [1.82, 2.24) is 4.31 Å². The second-order valence-electron chi connectivity index (χ2n) is 13.0. The largest absolute Gasteiger partial charge is 0.486 e. The van der Waals surface area contributed by atoms with Crippen molar-refractivity contribution in [3.05, 3.63) is 68.5 Å². The van der Waals surface area contributed by atoms with E-state index in [1.165, 1.54) is 20.8 Å². The Hall–Kier alpha value is -1.28. The van der Waals surface area contributed by atoms with E-state index in [9.17, 15) is 8.42 Å². The Kier molecular flexibility index (Phi) is 11.8. The first-order valence-electron chi connectivity index (χ1n) is 14.0. The van der Waals surface area contributed by atoms with Crippen molar-refractivity contribution in [2.75, 3.05) is 26.7 Å².